The van der Waals surface area contributed by atoms with Crippen molar-refractivity contribution < 1.29 is 18.7 Å². The lowest BCUT2D eigenvalue weighted by Gasteiger charge is -2.11. The first-order valence-corrected chi connectivity index (χ1v) is 6.14. The zero-order chi connectivity index (χ0) is 13.8. The van der Waals surface area contributed by atoms with Crippen LogP contribution in [0.4, 0.5) is 0 Å². The first-order valence-electron chi connectivity index (χ1n) is 6.14. The predicted molar refractivity (Wildman–Crippen MR) is 69.1 cm³/mol. The Hall–Kier alpha value is -2.01. The van der Waals surface area contributed by atoms with Crippen LogP contribution < -0.4 is 5.32 Å². The smallest absolute Gasteiger partial charge is 0.371 e. The third kappa shape index (κ3) is 3.48. The fraction of sp³-hybridized carbons (Fsp3) is 0.357. The number of hydrogen-bond acceptors (Lipinski definition) is 4. The molecule has 0 aliphatic carbocycles. The van der Waals surface area contributed by atoms with Gasteiger partial charge in [0, 0.05) is 24.6 Å². The van der Waals surface area contributed by atoms with E-state index in [2.05, 4.69) is 12.2 Å². The van der Waals surface area contributed by atoms with E-state index in [0.717, 1.165) is 17.7 Å². The van der Waals surface area contributed by atoms with Gasteiger partial charge in [0.25, 0.3) is 0 Å². The molecule has 0 saturated heterocycles. The summed E-state index contributed by atoms with van der Waals surface area (Å²) >= 11 is 0. The highest BCUT2D eigenvalue weighted by Gasteiger charge is 2.13. The van der Waals surface area contributed by atoms with Gasteiger partial charge >= 0.3 is 5.97 Å². The van der Waals surface area contributed by atoms with Gasteiger partial charge in [-0.25, -0.2) is 4.79 Å². The van der Waals surface area contributed by atoms with Crippen LogP contribution in [0.2, 0.25) is 0 Å². The Labute approximate surface area is 111 Å². The highest BCUT2D eigenvalue weighted by molar-refractivity contribution is 5.84. The molecule has 1 unspecified atom stereocenters. The number of aryl methyl sites for hydroxylation is 1. The van der Waals surface area contributed by atoms with Crippen molar-refractivity contribution in [1.82, 2.24) is 5.32 Å². The quantitative estimate of drug-likeness (QED) is 0.837. The number of rotatable bonds is 6. The van der Waals surface area contributed by atoms with Crippen molar-refractivity contribution in [3.8, 4) is 0 Å². The Morgan fingerprint density at radius 1 is 1.53 bits per heavy atom. The van der Waals surface area contributed by atoms with Crippen LogP contribution in [-0.4, -0.2) is 17.1 Å². The molecule has 0 fully saturated rings. The lowest BCUT2D eigenvalue weighted by atomic mass is 10.1. The summed E-state index contributed by atoms with van der Waals surface area (Å²) in [7, 11) is 0. The lowest BCUT2D eigenvalue weighted by molar-refractivity contribution is 0.0661. The number of carbonyl (C=O) groups is 1. The van der Waals surface area contributed by atoms with E-state index in [1.807, 2.05) is 12.1 Å². The van der Waals surface area contributed by atoms with E-state index >= 15 is 0 Å². The van der Waals surface area contributed by atoms with Crippen LogP contribution >= 0.6 is 0 Å². The van der Waals surface area contributed by atoms with Crippen molar-refractivity contribution in [3.63, 3.8) is 0 Å². The van der Waals surface area contributed by atoms with Crippen LogP contribution in [0.25, 0.3) is 0 Å². The van der Waals surface area contributed by atoms with Gasteiger partial charge in [-0.05, 0) is 32.0 Å². The third-order valence-corrected chi connectivity index (χ3v) is 2.96. The van der Waals surface area contributed by atoms with Crippen molar-refractivity contribution in [2.45, 2.75) is 32.9 Å². The Bertz CT molecular complexity index is 542. The van der Waals surface area contributed by atoms with Crippen LogP contribution in [0.15, 0.2) is 33.3 Å². The molecule has 5 nitrogen and oxygen atoms in total. The van der Waals surface area contributed by atoms with Crippen molar-refractivity contribution in [1.29, 1.82) is 0 Å². The Morgan fingerprint density at radius 3 is 2.89 bits per heavy atom. The molecule has 2 rings (SSSR count). The average Bonchev–Trinajstić information content (AvgIpc) is 2.96. The maximum atomic E-state index is 10.8. The summed E-state index contributed by atoms with van der Waals surface area (Å²) in [5, 5.41) is 12.2. The molecule has 0 spiro atoms. The van der Waals surface area contributed by atoms with E-state index in [1.165, 1.54) is 0 Å². The summed E-state index contributed by atoms with van der Waals surface area (Å²) in [6, 6.07) is 5.59. The van der Waals surface area contributed by atoms with Gasteiger partial charge in [0.1, 0.15) is 11.5 Å². The molecule has 0 aliphatic rings. The van der Waals surface area contributed by atoms with Crippen molar-refractivity contribution >= 4 is 5.97 Å². The minimum absolute atomic E-state index is 0.0204. The molecule has 1 atom stereocenters. The fourth-order valence-corrected chi connectivity index (χ4v) is 1.89. The predicted octanol–water partition coefficient (Wildman–Crippen LogP) is 2.60. The Balaban J connectivity index is 1.89. The molecule has 0 aliphatic heterocycles. The van der Waals surface area contributed by atoms with Crippen LogP contribution in [0.1, 0.15) is 34.6 Å². The fourth-order valence-electron chi connectivity index (χ4n) is 1.89. The molecule has 0 bridgehead atoms. The van der Waals surface area contributed by atoms with Gasteiger partial charge in [-0.2, -0.15) is 0 Å². The third-order valence-electron chi connectivity index (χ3n) is 2.96. The molecule has 2 aromatic rings. The maximum Gasteiger partial charge on any atom is 0.371 e. The van der Waals surface area contributed by atoms with Crippen LogP contribution in [0.3, 0.4) is 0 Å². The van der Waals surface area contributed by atoms with Crippen molar-refractivity contribution in [3.05, 3.63) is 47.3 Å². The first-order chi connectivity index (χ1) is 9.06. The molecular weight excluding hydrogens is 246 g/mol. The monoisotopic (exact) mass is 263 g/mol. The highest BCUT2D eigenvalue weighted by Crippen LogP contribution is 2.15. The first kappa shape index (κ1) is 13.4. The summed E-state index contributed by atoms with van der Waals surface area (Å²) in [6.07, 6.45) is 2.44. The summed E-state index contributed by atoms with van der Waals surface area (Å²) in [6.45, 7) is 4.39. The Kier molecular flexibility index (Phi) is 4.06. The second-order valence-electron chi connectivity index (χ2n) is 4.56. The second kappa shape index (κ2) is 5.75. The standard InChI is InChI=1S/C14H17NO4/c1-9(6-12-4-3-5-18-12)15-8-11-7-13(14(16)17)19-10(11)2/h3-5,7,9,15H,6,8H2,1-2H3,(H,16,17). The maximum absolute atomic E-state index is 10.8. The molecule has 102 valence electrons. The van der Waals surface area contributed by atoms with Gasteiger partial charge < -0.3 is 19.3 Å². The average molecular weight is 263 g/mol. The van der Waals surface area contributed by atoms with Crippen molar-refractivity contribution in [2.24, 2.45) is 0 Å². The molecule has 0 aromatic carbocycles. The number of carboxylic acid groups (broad SMARTS) is 1. The van der Waals surface area contributed by atoms with Gasteiger partial charge in [-0.15, -0.1) is 0 Å². The van der Waals surface area contributed by atoms with Gasteiger partial charge in [-0.1, -0.05) is 0 Å². The summed E-state index contributed by atoms with van der Waals surface area (Å²) in [5.74, 6) is 0.496. The number of hydrogen-bond donors (Lipinski definition) is 2. The lowest BCUT2D eigenvalue weighted by Crippen LogP contribution is -2.27. The van der Waals surface area contributed by atoms with E-state index in [9.17, 15) is 4.79 Å². The zero-order valence-electron chi connectivity index (χ0n) is 11.0. The van der Waals surface area contributed by atoms with Crippen LogP contribution in [-0.2, 0) is 13.0 Å². The van der Waals surface area contributed by atoms with Gasteiger partial charge in [0.15, 0.2) is 0 Å². The van der Waals surface area contributed by atoms with Crippen molar-refractivity contribution in [2.75, 3.05) is 0 Å². The molecule has 0 saturated carbocycles. The molecule has 2 aromatic heterocycles. The number of furan rings is 2. The second-order valence-corrected chi connectivity index (χ2v) is 4.56. The summed E-state index contributed by atoms with van der Waals surface area (Å²) < 4.78 is 10.4. The van der Waals surface area contributed by atoms with E-state index in [-0.39, 0.29) is 11.8 Å². The van der Waals surface area contributed by atoms with E-state index in [0.29, 0.717) is 12.3 Å². The SMILES string of the molecule is Cc1oc(C(=O)O)cc1CNC(C)Cc1ccco1. The van der Waals surface area contributed by atoms with Gasteiger partial charge in [-0.3, -0.25) is 0 Å². The number of aromatic carboxylic acids is 1. The number of carboxylic acids is 1. The highest BCUT2D eigenvalue weighted by atomic mass is 16.4. The summed E-state index contributed by atoms with van der Waals surface area (Å²) in [5.41, 5.74) is 0.865. The van der Waals surface area contributed by atoms with Gasteiger partial charge in [0.2, 0.25) is 5.76 Å². The normalized spacial score (nSPS) is 12.5. The molecular formula is C14H17NO4. The summed E-state index contributed by atoms with van der Waals surface area (Å²) in [4.78, 5) is 10.8. The molecule has 0 amide bonds. The van der Waals surface area contributed by atoms with Crippen LogP contribution in [0, 0.1) is 6.92 Å². The molecule has 5 heteroatoms. The number of nitrogens with one attached hydrogen (secondary N) is 1. The van der Waals surface area contributed by atoms with Crippen LogP contribution in [0.5, 0.6) is 0 Å². The van der Waals surface area contributed by atoms with E-state index < -0.39 is 5.97 Å². The molecule has 2 N–H and O–H groups in total. The van der Waals surface area contributed by atoms with E-state index in [1.54, 1.807) is 19.3 Å². The molecule has 0 radical (unpaired) electrons. The zero-order valence-corrected chi connectivity index (χ0v) is 11.0. The molecule has 2 heterocycles. The van der Waals surface area contributed by atoms with Gasteiger partial charge in [0.05, 0.1) is 6.26 Å². The Morgan fingerprint density at radius 2 is 2.32 bits per heavy atom. The largest absolute Gasteiger partial charge is 0.475 e. The van der Waals surface area contributed by atoms with E-state index in [4.69, 9.17) is 13.9 Å². The minimum Gasteiger partial charge on any atom is -0.475 e. The minimum atomic E-state index is -1.04. The molecule has 19 heavy (non-hydrogen) atoms. The topological polar surface area (TPSA) is 75.6 Å².